The number of carbonyl (C=O) groups is 1. The maximum atomic E-state index is 12.0. The lowest BCUT2D eigenvalue weighted by molar-refractivity contribution is -0.686. The standard InChI is InChI=1S/C22H20NO6/c1-12(24)29-22-14-4-5-17(25-2)21(26-3)16(14)10-23-7-6-13-8-18-19(28-11-27-18)9-15(13)20(22)23/h4-5,8-10H,6-7,11H2,1-3H3/q+1. The van der Waals surface area contributed by atoms with E-state index in [-0.39, 0.29) is 12.8 Å². The Hall–Kier alpha value is -3.48. The van der Waals surface area contributed by atoms with Crippen molar-refractivity contribution in [3.63, 3.8) is 0 Å². The summed E-state index contributed by atoms with van der Waals surface area (Å²) in [5.74, 6) is 2.77. The number of benzene rings is 2. The fourth-order valence-electron chi connectivity index (χ4n) is 4.11. The van der Waals surface area contributed by atoms with Crippen LogP contribution >= 0.6 is 0 Å². The van der Waals surface area contributed by atoms with Crippen molar-refractivity contribution in [2.24, 2.45) is 0 Å². The predicted molar refractivity (Wildman–Crippen MR) is 104 cm³/mol. The molecule has 0 spiro atoms. The minimum Gasteiger partial charge on any atom is -0.493 e. The van der Waals surface area contributed by atoms with Gasteiger partial charge in [-0.25, -0.2) is 0 Å². The van der Waals surface area contributed by atoms with Crippen LogP contribution in [0.25, 0.3) is 22.0 Å². The van der Waals surface area contributed by atoms with E-state index in [4.69, 9.17) is 23.7 Å². The SMILES string of the molecule is COc1ccc2c(OC(C)=O)c3[n+](cc2c1OC)CCc1cc2c(cc1-3)OCO2. The molecule has 7 heteroatoms. The van der Waals surface area contributed by atoms with Gasteiger partial charge >= 0.3 is 5.97 Å². The molecule has 0 saturated carbocycles. The van der Waals surface area contributed by atoms with Crippen LogP contribution in [0.1, 0.15) is 12.5 Å². The Kier molecular flexibility index (Phi) is 3.97. The van der Waals surface area contributed by atoms with Crippen molar-refractivity contribution in [2.75, 3.05) is 21.0 Å². The number of aryl methyl sites for hydroxylation is 2. The second-order valence-electron chi connectivity index (χ2n) is 6.97. The third-order valence-corrected chi connectivity index (χ3v) is 5.34. The Labute approximate surface area is 167 Å². The van der Waals surface area contributed by atoms with Crippen LogP contribution in [0.5, 0.6) is 28.7 Å². The summed E-state index contributed by atoms with van der Waals surface area (Å²) in [4.78, 5) is 12.0. The van der Waals surface area contributed by atoms with E-state index in [1.165, 1.54) is 6.92 Å². The molecule has 0 amide bonds. The molecule has 0 radical (unpaired) electrons. The van der Waals surface area contributed by atoms with Crippen molar-refractivity contribution in [1.29, 1.82) is 0 Å². The molecule has 29 heavy (non-hydrogen) atoms. The summed E-state index contributed by atoms with van der Waals surface area (Å²) < 4.78 is 30.0. The van der Waals surface area contributed by atoms with Crippen molar-refractivity contribution in [2.45, 2.75) is 19.9 Å². The highest BCUT2D eigenvalue weighted by molar-refractivity contribution is 5.98. The predicted octanol–water partition coefficient (Wildman–Crippen LogP) is 3.02. The molecule has 5 rings (SSSR count). The molecule has 2 aliphatic rings. The smallest absolute Gasteiger partial charge is 0.308 e. The molecule has 0 fully saturated rings. The van der Waals surface area contributed by atoms with Crippen LogP contribution < -0.4 is 28.3 Å². The van der Waals surface area contributed by atoms with Crippen molar-refractivity contribution < 1.29 is 33.0 Å². The molecule has 0 unspecified atom stereocenters. The van der Waals surface area contributed by atoms with E-state index in [0.29, 0.717) is 23.0 Å². The average molecular weight is 394 g/mol. The molecule has 0 saturated heterocycles. The number of nitrogens with zero attached hydrogens (tertiary/aromatic N) is 1. The maximum Gasteiger partial charge on any atom is 0.308 e. The van der Waals surface area contributed by atoms with Crippen molar-refractivity contribution in [1.82, 2.24) is 0 Å². The Morgan fingerprint density at radius 1 is 1.03 bits per heavy atom. The Morgan fingerprint density at radius 3 is 2.55 bits per heavy atom. The van der Waals surface area contributed by atoms with Gasteiger partial charge in [0.1, 0.15) is 0 Å². The monoisotopic (exact) mass is 394 g/mol. The van der Waals surface area contributed by atoms with Gasteiger partial charge in [0.25, 0.3) is 5.69 Å². The first-order valence-electron chi connectivity index (χ1n) is 9.33. The van der Waals surface area contributed by atoms with Crippen molar-refractivity contribution in [3.8, 4) is 40.0 Å². The molecule has 148 valence electrons. The molecule has 0 atom stereocenters. The fraction of sp³-hybridized carbons (Fsp3) is 0.273. The first-order valence-corrected chi connectivity index (χ1v) is 9.33. The highest BCUT2D eigenvalue weighted by Crippen LogP contribution is 2.46. The van der Waals surface area contributed by atoms with Crippen LogP contribution in [0.4, 0.5) is 0 Å². The molecule has 0 bridgehead atoms. The van der Waals surface area contributed by atoms with E-state index < -0.39 is 0 Å². The second-order valence-corrected chi connectivity index (χ2v) is 6.97. The van der Waals surface area contributed by atoms with Gasteiger partial charge in [-0.15, -0.1) is 0 Å². The van der Waals surface area contributed by atoms with Gasteiger partial charge in [0.2, 0.25) is 12.5 Å². The van der Waals surface area contributed by atoms with Gasteiger partial charge < -0.3 is 23.7 Å². The van der Waals surface area contributed by atoms with Gasteiger partial charge in [0.05, 0.1) is 25.2 Å². The second kappa shape index (κ2) is 6.55. The third-order valence-electron chi connectivity index (χ3n) is 5.34. The molecular formula is C22H20NO6+. The quantitative estimate of drug-likeness (QED) is 0.503. The van der Waals surface area contributed by atoms with E-state index in [2.05, 4.69) is 4.57 Å². The van der Waals surface area contributed by atoms with E-state index in [1.54, 1.807) is 14.2 Å². The number of esters is 1. The lowest BCUT2D eigenvalue weighted by Crippen LogP contribution is -2.40. The average Bonchev–Trinajstić information content (AvgIpc) is 3.17. The molecule has 2 aromatic carbocycles. The van der Waals surface area contributed by atoms with Crippen LogP contribution in [0.15, 0.2) is 30.5 Å². The lowest BCUT2D eigenvalue weighted by atomic mass is 9.94. The largest absolute Gasteiger partial charge is 0.493 e. The summed E-state index contributed by atoms with van der Waals surface area (Å²) in [7, 11) is 3.20. The number of rotatable bonds is 3. The molecular weight excluding hydrogens is 374 g/mol. The minimum atomic E-state index is -0.386. The van der Waals surface area contributed by atoms with Crippen molar-refractivity contribution >= 4 is 16.7 Å². The minimum absolute atomic E-state index is 0.212. The number of pyridine rings is 1. The van der Waals surface area contributed by atoms with Gasteiger partial charge in [-0.3, -0.25) is 4.79 Å². The number of methoxy groups -OCH3 is 2. The van der Waals surface area contributed by atoms with Crippen LogP contribution in [-0.4, -0.2) is 27.0 Å². The van der Waals surface area contributed by atoms with Gasteiger partial charge in [-0.1, -0.05) is 0 Å². The highest BCUT2D eigenvalue weighted by Gasteiger charge is 2.34. The third kappa shape index (κ3) is 2.65. The number of fused-ring (bicyclic) bond motifs is 5. The van der Waals surface area contributed by atoms with Crippen LogP contribution in [-0.2, 0) is 17.8 Å². The van der Waals surface area contributed by atoms with Gasteiger partial charge in [0.15, 0.2) is 35.7 Å². The first-order chi connectivity index (χ1) is 14.1. The van der Waals surface area contributed by atoms with Crippen LogP contribution in [0.2, 0.25) is 0 Å². The molecule has 0 N–H and O–H groups in total. The fourth-order valence-corrected chi connectivity index (χ4v) is 4.11. The molecule has 0 aliphatic carbocycles. The van der Waals surface area contributed by atoms with E-state index in [1.807, 2.05) is 30.5 Å². The topological polar surface area (TPSA) is 67.1 Å². The summed E-state index contributed by atoms with van der Waals surface area (Å²) in [5, 5.41) is 1.59. The molecule has 1 aromatic heterocycles. The Morgan fingerprint density at radius 2 is 1.83 bits per heavy atom. The summed E-state index contributed by atoms with van der Waals surface area (Å²) in [6, 6.07) is 7.67. The van der Waals surface area contributed by atoms with Gasteiger partial charge in [-0.2, -0.15) is 4.57 Å². The van der Waals surface area contributed by atoms with Crippen LogP contribution in [0.3, 0.4) is 0 Å². The number of aromatic nitrogens is 1. The van der Waals surface area contributed by atoms with E-state index >= 15 is 0 Å². The number of hydrogen-bond donors (Lipinski definition) is 0. The van der Waals surface area contributed by atoms with Gasteiger partial charge in [-0.05, 0) is 29.8 Å². The summed E-state index contributed by atoms with van der Waals surface area (Å²) >= 11 is 0. The normalized spacial score (nSPS) is 13.6. The van der Waals surface area contributed by atoms with E-state index in [0.717, 1.165) is 46.3 Å². The Bertz CT molecular complexity index is 1170. The lowest BCUT2D eigenvalue weighted by Gasteiger charge is -2.20. The molecule has 7 nitrogen and oxygen atoms in total. The molecule has 3 aromatic rings. The zero-order valence-electron chi connectivity index (χ0n) is 16.4. The Balaban J connectivity index is 1.85. The van der Waals surface area contributed by atoms with Crippen LogP contribution in [0, 0.1) is 0 Å². The highest BCUT2D eigenvalue weighted by atomic mass is 16.7. The van der Waals surface area contributed by atoms with Gasteiger partial charge in [0, 0.05) is 18.7 Å². The zero-order valence-corrected chi connectivity index (χ0v) is 16.4. The maximum absolute atomic E-state index is 12.0. The van der Waals surface area contributed by atoms with Crippen molar-refractivity contribution in [3.05, 3.63) is 36.0 Å². The summed E-state index contributed by atoms with van der Waals surface area (Å²) in [6.07, 6.45) is 2.84. The summed E-state index contributed by atoms with van der Waals surface area (Å²) in [5.41, 5.74) is 2.93. The number of hydrogen-bond acceptors (Lipinski definition) is 6. The van der Waals surface area contributed by atoms with E-state index in [9.17, 15) is 4.79 Å². The summed E-state index contributed by atoms with van der Waals surface area (Å²) in [6.45, 7) is 2.34. The molecule has 2 aliphatic heterocycles. The first kappa shape index (κ1) is 17.6. The number of carbonyl (C=O) groups excluding carboxylic acids is 1. The number of ether oxygens (including phenoxy) is 5. The zero-order chi connectivity index (χ0) is 20.1. The molecule has 3 heterocycles.